The molecule has 0 aromatic heterocycles. The van der Waals surface area contributed by atoms with Crippen LogP contribution in [0.25, 0.3) is 0 Å². The molecule has 0 aliphatic rings. The molecule has 0 aliphatic heterocycles. The largest absolute Gasteiger partial charge is 0.508 e. The van der Waals surface area contributed by atoms with Gasteiger partial charge < -0.3 is 15.3 Å². The van der Waals surface area contributed by atoms with E-state index < -0.39 is 0 Å². The molecule has 0 saturated carbocycles. The Kier molecular flexibility index (Phi) is 7.92. The second kappa shape index (κ2) is 9.95. The van der Waals surface area contributed by atoms with E-state index in [1.54, 1.807) is 36.4 Å². The molecular formula is C21H24O3. The number of rotatable bonds is 0. The maximum Gasteiger partial charge on any atom is 0.115 e. The number of hydrogen-bond donors (Lipinski definition) is 3. The molecule has 0 amide bonds. The Hall–Kier alpha value is -2.94. The molecule has 3 nitrogen and oxygen atoms in total. The summed E-state index contributed by atoms with van der Waals surface area (Å²) in [5, 5.41) is 26.4. The highest BCUT2D eigenvalue weighted by Gasteiger charge is 1.84. The summed E-state index contributed by atoms with van der Waals surface area (Å²) in [6, 6.07) is 21.4. The molecule has 126 valence electrons. The number of benzene rings is 3. The fourth-order valence-electron chi connectivity index (χ4n) is 1.80. The van der Waals surface area contributed by atoms with Crippen LogP contribution in [0.2, 0.25) is 0 Å². The highest BCUT2D eigenvalue weighted by molar-refractivity contribution is 5.26. The van der Waals surface area contributed by atoms with Crippen LogP contribution >= 0.6 is 0 Å². The molecule has 24 heavy (non-hydrogen) atoms. The Balaban J connectivity index is 0.000000180. The molecule has 3 rings (SSSR count). The van der Waals surface area contributed by atoms with Crippen LogP contribution in [0.4, 0.5) is 0 Å². The Labute approximate surface area is 143 Å². The Morgan fingerprint density at radius 3 is 1.12 bits per heavy atom. The molecule has 0 fully saturated rings. The van der Waals surface area contributed by atoms with Crippen LogP contribution in [0.3, 0.4) is 0 Å². The third kappa shape index (κ3) is 8.49. The van der Waals surface area contributed by atoms with Crippen LogP contribution in [-0.4, -0.2) is 15.3 Å². The monoisotopic (exact) mass is 324 g/mol. The van der Waals surface area contributed by atoms with Crippen LogP contribution in [0.1, 0.15) is 16.7 Å². The number of phenolic OH excluding ortho intramolecular Hbond substituents is 3. The maximum absolute atomic E-state index is 8.81. The van der Waals surface area contributed by atoms with Crippen LogP contribution in [-0.2, 0) is 0 Å². The first-order chi connectivity index (χ1) is 11.4. The molecule has 0 heterocycles. The van der Waals surface area contributed by atoms with Gasteiger partial charge in [-0.15, -0.1) is 0 Å². The fraction of sp³-hybridized carbons (Fsp3) is 0.143. The SMILES string of the molecule is Cc1ccc(O)cc1.Cc1cccc(O)c1.Cc1cccc(O)c1. The average molecular weight is 324 g/mol. The van der Waals surface area contributed by atoms with Gasteiger partial charge >= 0.3 is 0 Å². The van der Waals surface area contributed by atoms with Crippen LogP contribution in [0.5, 0.6) is 17.2 Å². The van der Waals surface area contributed by atoms with Crippen molar-refractivity contribution in [3.05, 3.63) is 89.5 Å². The molecular weight excluding hydrogens is 300 g/mol. The maximum atomic E-state index is 8.81. The summed E-state index contributed by atoms with van der Waals surface area (Å²) in [5.41, 5.74) is 3.35. The van der Waals surface area contributed by atoms with Gasteiger partial charge in [0.1, 0.15) is 17.2 Å². The molecule has 0 atom stereocenters. The van der Waals surface area contributed by atoms with Crippen molar-refractivity contribution in [3.8, 4) is 17.2 Å². The molecule has 0 radical (unpaired) electrons. The van der Waals surface area contributed by atoms with E-state index in [2.05, 4.69) is 0 Å². The van der Waals surface area contributed by atoms with Gasteiger partial charge in [0.2, 0.25) is 0 Å². The summed E-state index contributed by atoms with van der Waals surface area (Å²) < 4.78 is 0. The first-order valence-corrected chi connectivity index (χ1v) is 7.63. The number of aryl methyl sites for hydroxylation is 3. The summed E-state index contributed by atoms with van der Waals surface area (Å²) >= 11 is 0. The van der Waals surface area contributed by atoms with Crippen molar-refractivity contribution in [1.82, 2.24) is 0 Å². The summed E-state index contributed by atoms with van der Waals surface area (Å²) in [5.74, 6) is 1.01. The predicted octanol–water partition coefficient (Wildman–Crippen LogP) is 5.10. The van der Waals surface area contributed by atoms with E-state index in [0.29, 0.717) is 17.2 Å². The zero-order chi connectivity index (χ0) is 17.9. The van der Waals surface area contributed by atoms with Crippen LogP contribution in [0.15, 0.2) is 72.8 Å². The fourth-order valence-corrected chi connectivity index (χ4v) is 1.80. The summed E-state index contributed by atoms with van der Waals surface area (Å²) in [6.45, 7) is 5.87. The first-order valence-electron chi connectivity index (χ1n) is 7.63. The predicted molar refractivity (Wildman–Crippen MR) is 98.5 cm³/mol. The molecule has 0 unspecified atom stereocenters. The van der Waals surface area contributed by atoms with Gasteiger partial charge in [0, 0.05) is 0 Å². The summed E-state index contributed by atoms with van der Waals surface area (Å²) in [4.78, 5) is 0. The van der Waals surface area contributed by atoms with Gasteiger partial charge in [0.15, 0.2) is 0 Å². The molecule has 3 aromatic carbocycles. The van der Waals surface area contributed by atoms with Gasteiger partial charge in [-0.1, -0.05) is 42.0 Å². The molecule has 3 heteroatoms. The topological polar surface area (TPSA) is 60.7 Å². The van der Waals surface area contributed by atoms with E-state index in [-0.39, 0.29) is 0 Å². The van der Waals surface area contributed by atoms with Gasteiger partial charge in [-0.05, 0) is 68.3 Å². The van der Waals surface area contributed by atoms with Crippen molar-refractivity contribution in [2.75, 3.05) is 0 Å². The minimum atomic E-state index is 0.329. The van der Waals surface area contributed by atoms with E-state index >= 15 is 0 Å². The Morgan fingerprint density at radius 2 is 0.875 bits per heavy atom. The van der Waals surface area contributed by atoms with Crippen molar-refractivity contribution in [2.45, 2.75) is 20.8 Å². The van der Waals surface area contributed by atoms with Gasteiger partial charge in [-0.3, -0.25) is 0 Å². The summed E-state index contributed by atoms with van der Waals surface area (Å²) in [6.07, 6.45) is 0. The molecule has 3 N–H and O–H groups in total. The third-order valence-electron chi connectivity index (χ3n) is 3.04. The lowest BCUT2D eigenvalue weighted by Crippen LogP contribution is -1.66. The number of aromatic hydroxyl groups is 3. The number of phenols is 3. The molecule has 0 aliphatic carbocycles. The van der Waals surface area contributed by atoms with Crippen molar-refractivity contribution < 1.29 is 15.3 Å². The number of hydrogen-bond acceptors (Lipinski definition) is 3. The molecule has 3 aromatic rings. The van der Waals surface area contributed by atoms with E-state index in [1.165, 1.54) is 5.56 Å². The van der Waals surface area contributed by atoms with Gasteiger partial charge in [0.25, 0.3) is 0 Å². The Morgan fingerprint density at radius 1 is 0.458 bits per heavy atom. The van der Waals surface area contributed by atoms with Crippen LogP contribution in [0, 0.1) is 20.8 Å². The van der Waals surface area contributed by atoms with Gasteiger partial charge in [-0.2, -0.15) is 0 Å². The highest BCUT2D eigenvalue weighted by atomic mass is 16.3. The zero-order valence-electron chi connectivity index (χ0n) is 14.3. The van der Waals surface area contributed by atoms with Crippen molar-refractivity contribution >= 4 is 0 Å². The molecule has 0 bridgehead atoms. The first kappa shape index (κ1) is 19.1. The molecule has 0 spiro atoms. The zero-order valence-corrected chi connectivity index (χ0v) is 14.3. The highest BCUT2D eigenvalue weighted by Crippen LogP contribution is 2.09. The van der Waals surface area contributed by atoms with E-state index in [1.807, 2.05) is 57.2 Å². The van der Waals surface area contributed by atoms with Crippen molar-refractivity contribution in [2.24, 2.45) is 0 Å². The lowest BCUT2D eigenvalue weighted by molar-refractivity contribution is 0.474. The smallest absolute Gasteiger partial charge is 0.115 e. The lowest BCUT2D eigenvalue weighted by Gasteiger charge is -1.89. The second-order valence-corrected chi connectivity index (χ2v) is 5.51. The van der Waals surface area contributed by atoms with Crippen LogP contribution < -0.4 is 0 Å². The summed E-state index contributed by atoms with van der Waals surface area (Å²) in [7, 11) is 0. The average Bonchev–Trinajstić information content (AvgIpc) is 2.51. The normalized spacial score (nSPS) is 9.12. The standard InChI is InChI=1S/3C7H8O/c1-6-2-4-7(8)5-3-6;2*1-6-3-2-4-7(8)5-6/h3*2-5,8H,1H3. The second-order valence-electron chi connectivity index (χ2n) is 5.51. The molecule has 0 saturated heterocycles. The van der Waals surface area contributed by atoms with Crippen molar-refractivity contribution in [3.63, 3.8) is 0 Å². The Bertz CT molecular complexity index is 635. The lowest BCUT2D eigenvalue weighted by atomic mass is 10.2. The van der Waals surface area contributed by atoms with Gasteiger partial charge in [0.05, 0.1) is 0 Å². The van der Waals surface area contributed by atoms with E-state index in [4.69, 9.17) is 15.3 Å². The van der Waals surface area contributed by atoms with E-state index in [9.17, 15) is 0 Å². The minimum absolute atomic E-state index is 0.329. The van der Waals surface area contributed by atoms with Crippen molar-refractivity contribution in [1.29, 1.82) is 0 Å². The van der Waals surface area contributed by atoms with Gasteiger partial charge in [-0.25, -0.2) is 0 Å². The third-order valence-corrected chi connectivity index (χ3v) is 3.04. The minimum Gasteiger partial charge on any atom is -0.508 e. The quantitative estimate of drug-likeness (QED) is 0.539. The van der Waals surface area contributed by atoms with E-state index in [0.717, 1.165) is 11.1 Å².